The van der Waals surface area contributed by atoms with Gasteiger partial charge in [0.25, 0.3) is 5.91 Å². The number of hydrogen-bond donors (Lipinski definition) is 1. The van der Waals surface area contributed by atoms with E-state index in [1.807, 2.05) is 38.1 Å². The van der Waals surface area contributed by atoms with Crippen LogP contribution in [-0.2, 0) is 6.42 Å². The van der Waals surface area contributed by atoms with E-state index in [4.69, 9.17) is 4.74 Å². The van der Waals surface area contributed by atoms with Crippen molar-refractivity contribution in [3.63, 3.8) is 0 Å². The number of pyridine rings is 1. The molecule has 1 amide bonds. The largest absolute Gasteiger partial charge is 0.490 e. The lowest BCUT2D eigenvalue weighted by Crippen LogP contribution is -2.31. The van der Waals surface area contributed by atoms with Gasteiger partial charge in [-0.3, -0.25) is 9.78 Å². The third kappa shape index (κ3) is 4.83. The molecule has 0 saturated heterocycles. The van der Waals surface area contributed by atoms with Crippen molar-refractivity contribution < 1.29 is 9.53 Å². The number of aromatic nitrogens is 3. The van der Waals surface area contributed by atoms with Gasteiger partial charge in [0.05, 0.1) is 17.7 Å². The summed E-state index contributed by atoms with van der Waals surface area (Å²) in [6.45, 7) is 3.86. The van der Waals surface area contributed by atoms with Crippen LogP contribution < -0.4 is 10.1 Å². The zero-order valence-corrected chi connectivity index (χ0v) is 20.9. The SMILES string of the molecule is CC(C)Oc1ccc(-c2nnc(-c3cccc4c3CCCC4NC(=O)c3ccccn3)s2)cc1C#N. The normalized spacial score (nSPS) is 14.7. The molecule has 0 saturated carbocycles. The van der Waals surface area contributed by atoms with Crippen molar-refractivity contribution in [2.75, 3.05) is 0 Å². The maximum atomic E-state index is 12.7. The Bertz CT molecular complexity index is 1440. The Kier molecular flexibility index (Phi) is 6.74. The second-order valence-corrected chi connectivity index (χ2v) is 9.89. The van der Waals surface area contributed by atoms with Crippen molar-refractivity contribution in [1.82, 2.24) is 20.5 Å². The molecule has 0 radical (unpaired) electrons. The molecule has 1 aliphatic carbocycles. The molecule has 7 nitrogen and oxygen atoms in total. The summed E-state index contributed by atoms with van der Waals surface area (Å²) in [5.74, 6) is 0.396. The van der Waals surface area contributed by atoms with Crippen LogP contribution >= 0.6 is 11.3 Å². The quantitative estimate of drug-likeness (QED) is 0.366. The van der Waals surface area contributed by atoms with Gasteiger partial charge in [-0.05, 0) is 74.6 Å². The molecule has 2 aromatic heterocycles. The highest BCUT2D eigenvalue weighted by atomic mass is 32.1. The molecule has 1 atom stereocenters. The standard InChI is InChI=1S/C28H25N5O2S/c1-17(2)35-25-13-12-18(15-19(25)16-29)27-32-33-28(36-27)22-9-5-8-21-20(22)7-6-11-23(21)31-26(34)24-10-3-4-14-30-24/h3-5,8-10,12-15,17,23H,6-7,11H2,1-2H3,(H,31,34). The minimum absolute atomic E-state index is 0.0158. The Labute approximate surface area is 213 Å². The molecule has 1 N–H and O–H groups in total. The Balaban J connectivity index is 1.43. The summed E-state index contributed by atoms with van der Waals surface area (Å²) in [6.07, 6.45) is 4.36. The third-order valence-electron chi connectivity index (χ3n) is 6.08. The van der Waals surface area contributed by atoms with Crippen LogP contribution in [0.3, 0.4) is 0 Å². The van der Waals surface area contributed by atoms with Gasteiger partial charge in [-0.15, -0.1) is 10.2 Å². The number of carbonyl (C=O) groups excluding carboxylic acids is 1. The summed E-state index contributed by atoms with van der Waals surface area (Å²) >= 11 is 1.49. The Morgan fingerprint density at radius 3 is 2.78 bits per heavy atom. The number of nitrogens with one attached hydrogen (secondary N) is 1. The molecule has 0 spiro atoms. The van der Waals surface area contributed by atoms with Gasteiger partial charge in [0, 0.05) is 17.3 Å². The first kappa shape index (κ1) is 23.6. The number of carbonyl (C=O) groups is 1. The molecule has 180 valence electrons. The molecule has 0 fully saturated rings. The summed E-state index contributed by atoms with van der Waals surface area (Å²) in [5, 5.41) is 23.2. The summed E-state index contributed by atoms with van der Waals surface area (Å²) in [7, 11) is 0. The van der Waals surface area contributed by atoms with Crippen molar-refractivity contribution in [2.45, 2.75) is 45.3 Å². The van der Waals surface area contributed by atoms with Crippen LogP contribution in [0.1, 0.15) is 59.9 Å². The van der Waals surface area contributed by atoms with E-state index in [0.29, 0.717) is 17.0 Å². The molecule has 1 unspecified atom stereocenters. The average Bonchev–Trinajstić information content (AvgIpc) is 3.39. The lowest BCUT2D eigenvalue weighted by molar-refractivity contribution is 0.0927. The number of ether oxygens (including phenoxy) is 1. The zero-order chi connectivity index (χ0) is 25.1. The second-order valence-electron chi connectivity index (χ2n) is 8.91. The monoisotopic (exact) mass is 495 g/mol. The lowest BCUT2D eigenvalue weighted by Gasteiger charge is -2.27. The summed E-state index contributed by atoms with van der Waals surface area (Å²) in [5.41, 5.74) is 5.06. The highest BCUT2D eigenvalue weighted by Gasteiger charge is 2.26. The fourth-order valence-electron chi connectivity index (χ4n) is 4.48. The van der Waals surface area contributed by atoms with Gasteiger partial charge < -0.3 is 10.1 Å². The van der Waals surface area contributed by atoms with E-state index in [2.05, 4.69) is 38.7 Å². The molecule has 2 heterocycles. The molecule has 8 heteroatoms. The molecule has 5 rings (SSSR count). The average molecular weight is 496 g/mol. The molecule has 0 bridgehead atoms. The van der Waals surface area contributed by atoms with E-state index in [9.17, 15) is 10.1 Å². The molecule has 1 aliphatic rings. The minimum Gasteiger partial charge on any atom is -0.490 e. The maximum absolute atomic E-state index is 12.7. The first-order valence-electron chi connectivity index (χ1n) is 11.9. The van der Waals surface area contributed by atoms with E-state index in [1.165, 1.54) is 16.9 Å². The first-order chi connectivity index (χ1) is 17.5. The van der Waals surface area contributed by atoms with Crippen molar-refractivity contribution in [3.05, 3.63) is 83.2 Å². The number of nitriles is 1. The van der Waals surface area contributed by atoms with Gasteiger partial charge in [-0.1, -0.05) is 35.6 Å². The number of fused-ring (bicyclic) bond motifs is 1. The van der Waals surface area contributed by atoms with Gasteiger partial charge in [-0.2, -0.15) is 5.26 Å². The second kappa shape index (κ2) is 10.3. The third-order valence-corrected chi connectivity index (χ3v) is 7.08. The highest BCUT2D eigenvalue weighted by molar-refractivity contribution is 7.17. The van der Waals surface area contributed by atoms with Crippen molar-refractivity contribution >= 4 is 17.2 Å². The smallest absolute Gasteiger partial charge is 0.270 e. The van der Waals surface area contributed by atoms with Crippen molar-refractivity contribution in [3.8, 4) is 33.0 Å². The van der Waals surface area contributed by atoms with Gasteiger partial charge in [0.2, 0.25) is 0 Å². The predicted molar refractivity (Wildman–Crippen MR) is 139 cm³/mol. The van der Waals surface area contributed by atoms with E-state index < -0.39 is 0 Å². The van der Waals surface area contributed by atoms with Gasteiger partial charge in [-0.25, -0.2) is 0 Å². The zero-order valence-electron chi connectivity index (χ0n) is 20.1. The van der Waals surface area contributed by atoms with Crippen LogP contribution in [0, 0.1) is 11.3 Å². The van der Waals surface area contributed by atoms with E-state index in [1.54, 1.807) is 24.4 Å². The molecular weight excluding hydrogens is 470 g/mol. The Morgan fingerprint density at radius 1 is 1.14 bits per heavy atom. The predicted octanol–water partition coefficient (Wildman–Crippen LogP) is 5.73. The lowest BCUT2D eigenvalue weighted by atomic mass is 9.85. The number of amides is 1. The van der Waals surface area contributed by atoms with Crippen LogP contribution in [-0.4, -0.2) is 27.2 Å². The topological polar surface area (TPSA) is 101 Å². The Morgan fingerprint density at radius 2 is 2.00 bits per heavy atom. The summed E-state index contributed by atoms with van der Waals surface area (Å²) in [4.78, 5) is 16.9. The van der Waals surface area contributed by atoms with Gasteiger partial charge in [0.1, 0.15) is 27.5 Å². The van der Waals surface area contributed by atoms with Gasteiger partial charge >= 0.3 is 0 Å². The summed E-state index contributed by atoms with van der Waals surface area (Å²) < 4.78 is 5.74. The Hall–Kier alpha value is -4.09. The fraction of sp³-hybridized carbons (Fsp3) is 0.250. The molecule has 0 aliphatic heterocycles. The van der Waals surface area contributed by atoms with Gasteiger partial charge in [0.15, 0.2) is 0 Å². The van der Waals surface area contributed by atoms with Crippen LogP contribution in [0.15, 0.2) is 60.8 Å². The number of benzene rings is 2. The number of rotatable bonds is 6. The highest BCUT2D eigenvalue weighted by Crippen LogP contribution is 2.39. The van der Waals surface area contributed by atoms with E-state index in [0.717, 1.165) is 46.0 Å². The number of nitrogens with zero attached hydrogens (tertiary/aromatic N) is 4. The van der Waals surface area contributed by atoms with Crippen LogP contribution in [0.4, 0.5) is 0 Å². The van der Waals surface area contributed by atoms with Crippen molar-refractivity contribution in [2.24, 2.45) is 0 Å². The molecule has 36 heavy (non-hydrogen) atoms. The van der Waals surface area contributed by atoms with Crippen molar-refractivity contribution in [1.29, 1.82) is 5.26 Å². The van der Waals surface area contributed by atoms with Crippen LogP contribution in [0.25, 0.3) is 21.1 Å². The van der Waals surface area contributed by atoms with Crippen LogP contribution in [0.5, 0.6) is 5.75 Å². The van der Waals surface area contributed by atoms with E-state index in [-0.39, 0.29) is 18.1 Å². The maximum Gasteiger partial charge on any atom is 0.270 e. The van der Waals surface area contributed by atoms with Crippen LogP contribution in [0.2, 0.25) is 0 Å². The summed E-state index contributed by atoms with van der Waals surface area (Å²) in [6, 6.07) is 19.1. The molecular formula is C28H25N5O2S. The number of hydrogen-bond acceptors (Lipinski definition) is 7. The molecule has 2 aromatic carbocycles. The minimum atomic E-state index is -0.171. The first-order valence-corrected chi connectivity index (χ1v) is 12.7. The van der Waals surface area contributed by atoms with E-state index >= 15 is 0 Å². The molecule has 4 aromatic rings. The fourth-order valence-corrected chi connectivity index (χ4v) is 5.38.